The molecule has 3 aromatic rings. The average Bonchev–Trinajstić information content (AvgIpc) is 2.91. The molecule has 152 valence electrons. The lowest BCUT2D eigenvalue weighted by molar-refractivity contribution is -0.136. The smallest absolute Gasteiger partial charge is 0.264 e. The van der Waals surface area contributed by atoms with Gasteiger partial charge in [0.2, 0.25) is 0 Å². The number of fused-ring (bicyclic) bond motifs is 1. The van der Waals surface area contributed by atoms with Gasteiger partial charge in [0.15, 0.2) is 11.4 Å². The van der Waals surface area contributed by atoms with Crippen LogP contribution in [0.1, 0.15) is 39.0 Å². The molecule has 0 saturated heterocycles. The van der Waals surface area contributed by atoms with Crippen LogP contribution in [-0.2, 0) is 16.9 Å². The molecule has 0 bridgehead atoms. The molecule has 0 unspecified atom stereocenters. The Hall–Kier alpha value is -2.95. The second-order valence-corrected chi connectivity index (χ2v) is 8.24. The molecule has 0 aliphatic carbocycles. The Morgan fingerprint density at radius 3 is 2.43 bits per heavy atom. The van der Waals surface area contributed by atoms with Crippen LogP contribution in [0.25, 0.3) is 0 Å². The van der Waals surface area contributed by atoms with E-state index in [0.29, 0.717) is 28.4 Å². The molecule has 4 rings (SSSR count). The number of anilines is 1. The van der Waals surface area contributed by atoms with Gasteiger partial charge in [0.05, 0.1) is 18.7 Å². The number of aliphatic hydroxyl groups is 1. The summed E-state index contributed by atoms with van der Waals surface area (Å²) in [6.07, 6.45) is -0.341. The zero-order chi connectivity index (χ0) is 21.5. The zero-order valence-electron chi connectivity index (χ0n) is 16.9. The molecule has 1 amide bonds. The van der Waals surface area contributed by atoms with E-state index in [9.17, 15) is 14.7 Å². The first-order valence-corrected chi connectivity index (χ1v) is 10.2. The number of carbonyl (C=O) groups excluding carboxylic acids is 2. The van der Waals surface area contributed by atoms with Crippen molar-refractivity contribution in [3.8, 4) is 0 Å². The Morgan fingerprint density at radius 1 is 1.03 bits per heavy atom. The summed E-state index contributed by atoms with van der Waals surface area (Å²) < 4.78 is 0. The molecule has 0 spiro atoms. The average molecular weight is 420 g/mol. The maximum absolute atomic E-state index is 13.4. The number of halogens is 1. The van der Waals surface area contributed by atoms with Crippen LogP contribution in [0.3, 0.4) is 0 Å². The largest absolute Gasteiger partial charge is 0.375 e. The van der Waals surface area contributed by atoms with E-state index in [2.05, 4.69) is 0 Å². The first-order valence-electron chi connectivity index (χ1n) is 9.78. The second-order valence-electron chi connectivity index (χ2n) is 7.81. The number of hydrogen-bond donors (Lipinski definition) is 1. The van der Waals surface area contributed by atoms with Crippen LogP contribution in [0.2, 0.25) is 5.02 Å². The quantitative estimate of drug-likeness (QED) is 0.594. The summed E-state index contributed by atoms with van der Waals surface area (Å²) >= 11 is 6.18. The Bertz CT molecular complexity index is 1140. The molecule has 1 aliphatic rings. The van der Waals surface area contributed by atoms with Gasteiger partial charge in [-0.15, -0.1) is 0 Å². The lowest BCUT2D eigenvalue weighted by Gasteiger charge is -2.23. The van der Waals surface area contributed by atoms with Crippen molar-refractivity contribution in [2.75, 3.05) is 4.90 Å². The highest BCUT2D eigenvalue weighted by molar-refractivity contribution is 6.31. The van der Waals surface area contributed by atoms with Crippen LogP contribution in [0.5, 0.6) is 0 Å². The number of nitrogens with zero attached hydrogens (tertiary/aromatic N) is 1. The summed E-state index contributed by atoms with van der Waals surface area (Å²) in [7, 11) is 0. The topological polar surface area (TPSA) is 57.6 Å². The second kappa shape index (κ2) is 7.71. The molecule has 1 aliphatic heterocycles. The molecule has 30 heavy (non-hydrogen) atoms. The van der Waals surface area contributed by atoms with E-state index in [0.717, 1.165) is 16.7 Å². The Balaban J connectivity index is 1.72. The number of benzene rings is 3. The normalized spacial score (nSPS) is 17.9. The van der Waals surface area contributed by atoms with Gasteiger partial charge in [0.1, 0.15) is 0 Å². The zero-order valence-corrected chi connectivity index (χ0v) is 17.6. The predicted octanol–water partition coefficient (Wildman–Crippen LogP) is 4.96. The molecule has 0 radical (unpaired) electrons. The first kappa shape index (κ1) is 20.3. The highest BCUT2D eigenvalue weighted by atomic mass is 35.5. The minimum atomic E-state index is -1.95. The van der Waals surface area contributed by atoms with Gasteiger partial charge < -0.3 is 10.0 Å². The molecular formula is C25H22ClNO3. The molecule has 5 heteroatoms. The molecule has 0 aromatic heterocycles. The van der Waals surface area contributed by atoms with Crippen molar-refractivity contribution in [1.82, 2.24) is 0 Å². The van der Waals surface area contributed by atoms with Gasteiger partial charge >= 0.3 is 0 Å². The van der Waals surface area contributed by atoms with E-state index < -0.39 is 11.5 Å². The van der Waals surface area contributed by atoms with Crippen molar-refractivity contribution in [3.63, 3.8) is 0 Å². The number of amides is 1. The van der Waals surface area contributed by atoms with Crippen LogP contribution >= 0.6 is 11.6 Å². The number of rotatable bonds is 5. The number of hydrogen-bond acceptors (Lipinski definition) is 3. The molecule has 0 fully saturated rings. The van der Waals surface area contributed by atoms with Crippen LogP contribution < -0.4 is 4.90 Å². The van der Waals surface area contributed by atoms with Crippen molar-refractivity contribution in [2.45, 2.75) is 32.4 Å². The Morgan fingerprint density at radius 2 is 1.73 bits per heavy atom. The third-order valence-electron chi connectivity index (χ3n) is 5.67. The molecule has 0 saturated carbocycles. The van der Waals surface area contributed by atoms with Crippen molar-refractivity contribution in [2.24, 2.45) is 0 Å². The summed E-state index contributed by atoms with van der Waals surface area (Å²) in [5.74, 6) is -0.807. The Labute approximate surface area is 180 Å². The van der Waals surface area contributed by atoms with E-state index in [-0.39, 0.29) is 12.2 Å². The number of carbonyl (C=O) groups is 2. The minimum absolute atomic E-state index is 0.297. The van der Waals surface area contributed by atoms with E-state index in [1.165, 1.54) is 4.90 Å². The van der Waals surface area contributed by atoms with E-state index >= 15 is 0 Å². The SMILES string of the molecule is Cc1ccc(C(=O)C[C@@]2(O)C(=O)N(Cc3ccccc3C)c3ccc(Cl)cc32)cc1. The summed E-state index contributed by atoms with van der Waals surface area (Å²) in [6.45, 7) is 4.22. The fourth-order valence-corrected chi connectivity index (χ4v) is 4.05. The van der Waals surface area contributed by atoms with Gasteiger partial charge in [-0.3, -0.25) is 9.59 Å². The predicted molar refractivity (Wildman–Crippen MR) is 118 cm³/mol. The third-order valence-corrected chi connectivity index (χ3v) is 5.91. The van der Waals surface area contributed by atoms with Crippen molar-refractivity contribution in [3.05, 3.63) is 99.6 Å². The third kappa shape index (κ3) is 3.53. The Kier molecular flexibility index (Phi) is 5.22. The van der Waals surface area contributed by atoms with Gasteiger partial charge in [-0.25, -0.2) is 0 Å². The molecule has 1 heterocycles. The van der Waals surface area contributed by atoms with Gasteiger partial charge in [-0.1, -0.05) is 65.7 Å². The first-order chi connectivity index (χ1) is 14.3. The van der Waals surface area contributed by atoms with Crippen LogP contribution in [0.15, 0.2) is 66.7 Å². The number of aryl methyl sites for hydroxylation is 2. The summed E-state index contributed by atoms with van der Waals surface area (Å²) in [6, 6.07) is 19.9. The number of Topliss-reactive ketones (excluding diaryl/α,β-unsaturated/α-hetero) is 1. The van der Waals surface area contributed by atoms with Crippen LogP contribution in [-0.4, -0.2) is 16.8 Å². The summed E-state index contributed by atoms with van der Waals surface area (Å²) in [5, 5.41) is 11.9. The van der Waals surface area contributed by atoms with E-state index in [1.54, 1.807) is 30.3 Å². The van der Waals surface area contributed by atoms with Gasteiger partial charge in [-0.05, 0) is 43.2 Å². The maximum Gasteiger partial charge on any atom is 0.264 e. The van der Waals surface area contributed by atoms with Crippen molar-refractivity contribution in [1.29, 1.82) is 0 Å². The van der Waals surface area contributed by atoms with E-state index in [1.807, 2.05) is 50.2 Å². The molecular weight excluding hydrogens is 398 g/mol. The lowest BCUT2D eigenvalue weighted by atomic mass is 9.88. The van der Waals surface area contributed by atoms with E-state index in [4.69, 9.17) is 11.6 Å². The number of ketones is 1. The highest BCUT2D eigenvalue weighted by Gasteiger charge is 2.51. The maximum atomic E-state index is 13.4. The fourth-order valence-electron chi connectivity index (χ4n) is 3.88. The standard InChI is InChI=1S/C25H22ClNO3/c1-16-7-9-18(10-8-16)23(28)14-25(30)21-13-20(26)11-12-22(21)27(24(25)29)15-19-6-4-3-5-17(19)2/h3-13,30H,14-15H2,1-2H3/t25-/m0/s1. The van der Waals surface area contributed by atoms with Gasteiger partial charge in [-0.2, -0.15) is 0 Å². The van der Waals surface area contributed by atoms with Gasteiger partial charge in [0.25, 0.3) is 5.91 Å². The van der Waals surface area contributed by atoms with Gasteiger partial charge in [0, 0.05) is 16.1 Å². The molecule has 1 atom stereocenters. The minimum Gasteiger partial charge on any atom is -0.375 e. The molecule has 4 nitrogen and oxygen atoms in total. The van der Waals surface area contributed by atoms with Crippen LogP contribution in [0, 0.1) is 13.8 Å². The highest BCUT2D eigenvalue weighted by Crippen LogP contribution is 2.44. The van der Waals surface area contributed by atoms with Crippen molar-refractivity contribution >= 4 is 29.0 Å². The summed E-state index contributed by atoms with van der Waals surface area (Å²) in [4.78, 5) is 27.9. The molecule has 1 N–H and O–H groups in total. The van der Waals surface area contributed by atoms with Crippen molar-refractivity contribution < 1.29 is 14.7 Å². The summed E-state index contributed by atoms with van der Waals surface area (Å²) in [5.41, 5.74) is 2.51. The monoisotopic (exact) mass is 419 g/mol. The molecule has 3 aromatic carbocycles. The lowest BCUT2D eigenvalue weighted by Crippen LogP contribution is -2.41. The van der Waals surface area contributed by atoms with Crippen LogP contribution in [0.4, 0.5) is 5.69 Å². The fraction of sp³-hybridized carbons (Fsp3) is 0.200.